The van der Waals surface area contributed by atoms with Crippen LogP contribution in [-0.2, 0) is 20.7 Å². The van der Waals surface area contributed by atoms with E-state index in [1.54, 1.807) is 28.2 Å². The van der Waals surface area contributed by atoms with Crippen molar-refractivity contribution in [1.82, 2.24) is 10.6 Å². The lowest BCUT2D eigenvalue weighted by atomic mass is 9.80. The van der Waals surface area contributed by atoms with E-state index in [1.165, 1.54) is 0 Å². The van der Waals surface area contributed by atoms with Gasteiger partial charge >= 0.3 is 0 Å². The minimum Gasteiger partial charge on any atom is -0.493 e. The van der Waals surface area contributed by atoms with E-state index in [0.29, 0.717) is 37.1 Å². The molecule has 0 saturated carbocycles. The van der Waals surface area contributed by atoms with Crippen molar-refractivity contribution < 1.29 is 28.9 Å². The molecule has 0 aliphatic heterocycles. The summed E-state index contributed by atoms with van der Waals surface area (Å²) in [5, 5.41) is 16.5. The number of benzene rings is 1. The van der Waals surface area contributed by atoms with E-state index >= 15 is 0 Å². The fraction of sp³-hybridized carbons (Fsp3) is 0.733. The van der Waals surface area contributed by atoms with Crippen LogP contribution < -0.4 is 25.8 Å². The Labute approximate surface area is 235 Å². The van der Waals surface area contributed by atoms with Crippen LogP contribution >= 0.6 is 0 Å². The lowest BCUT2D eigenvalue weighted by Gasteiger charge is -2.30. The number of nitrogens with one attached hydrogen (secondary N) is 2. The third-order valence-electron chi connectivity index (χ3n) is 7.28. The maximum atomic E-state index is 13.0. The fourth-order valence-corrected chi connectivity index (χ4v) is 4.64. The van der Waals surface area contributed by atoms with E-state index in [9.17, 15) is 14.7 Å². The molecule has 0 saturated heterocycles. The van der Waals surface area contributed by atoms with Crippen LogP contribution in [0.5, 0.6) is 11.5 Å². The van der Waals surface area contributed by atoms with Crippen molar-refractivity contribution in [3.05, 3.63) is 23.8 Å². The predicted octanol–water partition coefficient (Wildman–Crippen LogP) is 3.31. The lowest BCUT2D eigenvalue weighted by molar-refractivity contribution is -0.128. The second-order valence-corrected chi connectivity index (χ2v) is 11.2. The highest BCUT2D eigenvalue weighted by Gasteiger charge is 2.30. The molecule has 224 valence electrons. The Hall–Kier alpha value is -2.36. The highest BCUT2D eigenvalue weighted by Crippen LogP contribution is 2.31. The number of hydrogen-bond acceptors (Lipinski definition) is 7. The summed E-state index contributed by atoms with van der Waals surface area (Å²) in [7, 11) is 4.87. The van der Waals surface area contributed by atoms with Crippen LogP contribution in [-0.4, -0.2) is 69.6 Å². The van der Waals surface area contributed by atoms with Gasteiger partial charge in [0.2, 0.25) is 11.8 Å². The summed E-state index contributed by atoms with van der Waals surface area (Å²) in [6, 6.07) is 5.20. The number of methoxy groups -OCH3 is 2. The molecule has 0 spiro atoms. The number of nitrogens with two attached hydrogens (primary N) is 1. The molecule has 0 fully saturated rings. The van der Waals surface area contributed by atoms with Crippen LogP contribution in [0.4, 0.5) is 0 Å². The van der Waals surface area contributed by atoms with Gasteiger partial charge in [0.1, 0.15) is 0 Å². The maximum absolute atomic E-state index is 13.0. The normalized spacial score (nSPS) is 15.4. The van der Waals surface area contributed by atoms with Gasteiger partial charge < -0.3 is 35.7 Å². The molecule has 2 amide bonds. The van der Waals surface area contributed by atoms with Crippen molar-refractivity contribution in [2.75, 3.05) is 34.5 Å². The summed E-state index contributed by atoms with van der Waals surface area (Å²) in [4.78, 5) is 24.6. The molecule has 0 heterocycles. The van der Waals surface area contributed by atoms with Crippen molar-refractivity contribution in [3.63, 3.8) is 0 Å². The molecule has 0 aliphatic carbocycles. The van der Waals surface area contributed by atoms with Crippen LogP contribution in [0.1, 0.15) is 65.9 Å². The number of aliphatic hydroxyl groups excluding tert-OH is 1. The average molecular weight is 552 g/mol. The van der Waals surface area contributed by atoms with Gasteiger partial charge in [-0.2, -0.15) is 0 Å². The maximum Gasteiger partial charge on any atom is 0.223 e. The Morgan fingerprint density at radius 3 is 2.26 bits per heavy atom. The van der Waals surface area contributed by atoms with E-state index in [4.69, 9.17) is 19.9 Å². The Bertz CT molecular complexity index is 863. The molecular weight excluding hydrogens is 498 g/mol. The highest BCUT2D eigenvalue weighted by atomic mass is 16.5. The Morgan fingerprint density at radius 2 is 1.69 bits per heavy atom. The molecule has 9 heteroatoms. The van der Waals surface area contributed by atoms with Gasteiger partial charge in [-0.1, -0.05) is 33.8 Å². The quantitative estimate of drug-likeness (QED) is 0.194. The number of amides is 2. The van der Waals surface area contributed by atoms with Crippen LogP contribution in [0, 0.1) is 23.7 Å². The fourth-order valence-electron chi connectivity index (χ4n) is 4.64. The van der Waals surface area contributed by atoms with Crippen LogP contribution in [0.3, 0.4) is 0 Å². The molecular formula is C30H53N3O6. The Morgan fingerprint density at radius 1 is 1.00 bits per heavy atom. The van der Waals surface area contributed by atoms with Crippen molar-refractivity contribution in [3.8, 4) is 11.5 Å². The second-order valence-electron chi connectivity index (χ2n) is 11.2. The molecule has 0 unspecified atom stereocenters. The summed E-state index contributed by atoms with van der Waals surface area (Å²) < 4.78 is 16.5. The van der Waals surface area contributed by atoms with Gasteiger partial charge in [-0.05, 0) is 61.6 Å². The lowest BCUT2D eigenvalue weighted by Crippen LogP contribution is -2.45. The van der Waals surface area contributed by atoms with Gasteiger partial charge in [-0.3, -0.25) is 9.59 Å². The zero-order chi connectivity index (χ0) is 29.5. The summed E-state index contributed by atoms with van der Waals surface area (Å²) in [5.41, 5.74) is 7.64. The zero-order valence-electron chi connectivity index (χ0n) is 25.3. The van der Waals surface area contributed by atoms with Gasteiger partial charge in [-0.15, -0.1) is 0 Å². The van der Waals surface area contributed by atoms with Gasteiger partial charge in [0.25, 0.3) is 0 Å². The van der Waals surface area contributed by atoms with E-state index in [0.717, 1.165) is 18.4 Å². The summed E-state index contributed by atoms with van der Waals surface area (Å²) >= 11 is 0. The van der Waals surface area contributed by atoms with Crippen molar-refractivity contribution >= 4 is 11.8 Å². The first-order valence-corrected chi connectivity index (χ1v) is 14.2. The highest BCUT2D eigenvalue weighted by molar-refractivity contribution is 5.81. The third kappa shape index (κ3) is 12.6. The molecule has 0 radical (unpaired) electrons. The van der Waals surface area contributed by atoms with Gasteiger partial charge in [0, 0.05) is 51.6 Å². The van der Waals surface area contributed by atoms with E-state index in [-0.39, 0.29) is 42.5 Å². The molecule has 0 bridgehead atoms. The molecule has 1 aromatic rings. The minimum absolute atomic E-state index is 0.0153. The van der Waals surface area contributed by atoms with Crippen LogP contribution in [0.2, 0.25) is 0 Å². The largest absolute Gasteiger partial charge is 0.493 e. The topological polar surface area (TPSA) is 132 Å². The standard InChI is InChI=1S/C30H53N3O6/c1-19(2)23(15-22-10-11-27(38-8)28(16-22)39-13-9-12-37-7)17-25(31)26(34)18-24(20(3)4)30(36)33-21(5)14-29(35)32-6/h10-11,16,19-21,23-26,34H,9,12-15,17-18,31H2,1-8H3,(H,32,35)(H,33,36)/t21-,23+,24+,25+,26+/m1/s1. The molecule has 1 aromatic carbocycles. The van der Waals surface area contributed by atoms with Crippen LogP contribution in [0.25, 0.3) is 0 Å². The SMILES string of the molecule is CNC(=O)C[C@@H](C)NC(=O)[C@@H](C[C@H](O)[C@@H](N)C[C@H](Cc1ccc(OC)c(OCCCOC)c1)C(C)C)C(C)C. The van der Waals surface area contributed by atoms with Crippen molar-refractivity contribution in [2.45, 2.75) is 84.9 Å². The number of carbonyl (C=O) groups is 2. The average Bonchev–Trinajstić information content (AvgIpc) is 2.88. The van der Waals surface area contributed by atoms with Gasteiger partial charge in [-0.25, -0.2) is 0 Å². The first kappa shape index (κ1) is 34.7. The molecule has 1 rings (SSSR count). The van der Waals surface area contributed by atoms with Crippen LogP contribution in [0.15, 0.2) is 18.2 Å². The van der Waals surface area contributed by atoms with Crippen molar-refractivity contribution in [1.29, 1.82) is 0 Å². The Balaban J connectivity index is 2.85. The number of carbonyl (C=O) groups excluding carboxylic acids is 2. The number of aliphatic hydroxyl groups is 1. The molecule has 5 N–H and O–H groups in total. The predicted molar refractivity (Wildman–Crippen MR) is 155 cm³/mol. The van der Waals surface area contributed by atoms with Gasteiger partial charge in [0.05, 0.1) is 19.8 Å². The molecule has 5 atom stereocenters. The number of rotatable bonds is 19. The summed E-state index contributed by atoms with van der Waals surface area (Å²) in [6.45, 7) is 11.2. The van der Waals surface area contributed by atoms with E-state index in [2.05, 4.69) is 24.5 Å². The molecule has 0 aromatic heterocycles. The minimum atomic E-state index is -0.825. The third-order valence-corrected chi connectivity index (χ3v) is 7.28. The summed E-state index contributed by atoms with van der Waals surface area (Å²) in [5.74, 6) is 1.27. The molecule has 9 nitrogen and oxygen atoms in total. The van der Waals surface area contributed by atoms with E-state index < -0.39 is 18.1 Å². The molecule has 39 heavy (non-hydrogen) atoms. The zero-order valence-corrected chi connectivity index (χ0v) is 25.3. The van der Waals surface area contributed by atoms with E-state index in [1.807, 2.05) is 32.0 Å². The smallest absolute Gasteiger partial charge is 0.223 e. The second kappa shape index (κ2) is 18.1. The first-order chi connectivity index (χ1) is 18.4. The van der Waals surface area contributed by atoms with Crippen molar-refractivity contribution in [2.24, 2.45) is 29.4 Å². The number of ether oxygens (including phenoxy) is 3. The van der Waals surface area contributed by atoms with Gasteiger partial charge in [0.15, 0.2) is 11.5 Å². The summed E-state index contributed by atoms with van der Waals surface area (Å²) in [6.07, 6.45) is 1.83. The molecule has 0 aliphatic rings. The Kier molecular flexibility index (Phi) is 16.1. The first-order valence-electron chi connectivity index (χ1n) is 14.2. The monoisotopic (exact) mass is 551 g/mol. The number of hydrogen-bond donors (Lipinski definition) is 4.